The summed E-state index contributed by atoms with van der Waals surface area (Å²) in [6.45, 7) is 10.0. The number of nitrogens with zero attached hydrogens (tertiary/aromatic N) is 8. The number of nitrogens with one attached hydrogen (secondary N) is 1. The number of hydrogen-bond acceptors (Lipinski definition) is 9. The Morgan fingerprint density at radius 2 is 2.06 bits per heavy atom. The van der Waals surface area contributed by atoms with Crippen LogP contribution in [0.25, 0.3) is 16.0 Å². The number of hydrogen-bond donors (Lipinski definition) is 1. The van der Waals surface area contributed by atoms with Gasteiger partial charge in [0.2, 0.25) is 5.88 Å². The number of imidazole rings is 1. The normalized spacial score (nSPS) is 13.4. The number of anilines is 2. The molecule has 4 aromatic rings. The summed E-state index contributed by atoms with van der Waals surface area (Å²) in [6.07, 6.45) is 3.22. The Labute approximate surface area is 200 Å². The smallest absolute Gasteiger partial charge is 0.274 e. The predicted octanol–water partition coefficient (Wildman–Crippen LogP) is 3.02. The summed E-state index contributed by atoms with van der Waals surface area (Å²) in [4.78, 5) is 30.6. The van der Waals surface area contributed by atoms with Crippen LogP contribution in [-0.4, -0.2) is 66.8 Å². The molecule has 0 spiro atoms. The van der Waals surface area contributed by atoms with Crippen LogP contribution < -0.4 is 10.1 Å². The predicted molar refractivity (Wildman–Crippen MR) is 126 cm³/mol. The number of ether oxygens (including phenoxy) is 2. The van der Waals surface area contributed by atoms with E-state index >= 15 is 0 Å². The summed E-state index contributed by atoms with van der Waals surface area (Å²) in [6, 6.07) is 6.65. The van der Waals surface area contributed by atoms with Crippen LogP contribution >= 0.6 is 0 Å². The van der Waals surface area contributed by atoms with Gasteiger partial charge in [-0.15, -0.1) is 15.2 Å². The van der Waals surface area contributed by atoms with E-state index in [4.69, 9.17) is 16.0 Å². The number of aryl methyl sites for hydroxylation is 2. The van der Waals surface area contributed by atoms with E-state index in [0.29, 0.717) is 53.2 Å². The van der Waals surface area contributed by atoms with Gasteiger partial charge in [-0.25, -0.2) is 4.98 Å². The summed E-state index contributed by atoms with van der Waals surface area (Å²) in [5.41, 5.74) is 2.84. The van der Waals surface area contributed by atoms with Crippen molar-refractivity contribution in [2.75, 3.05) is 25.5 Å². The van der Waals surface area contributed by atoms with Crippen molar-refractivity contribution in [3.63, 3.8) is 0 Å². The van der Waals surface area contributed by atoms with Gasteiger partial charge in [-0.05, 0) is 30.7 Å². The minimum absolute atomic E-state index is 0.0712. The lowest BCUT2D eigenvalue weighted by atomic mass is 10.1. The van der Waals surface area contributed by atoms with Gasteiger partial charge >= 0.3 is 0 Å². The molecule has 0 radical (unpaired) electrons. The van der Waals surface area contributed by atoms with Crippen LogP contribution in [0.2, 0.25) is 0 Å². The molecule has 35 heavy (non-hydrogen) atoms. The van der Waals surface area contributed by atoms with E-state index in [1.165, 1.54) is 6.20 Å². The summed E-state index contributed by atoms with van der Waals surface area (Å²) >= 11 is 0. The second-order valence-electron chi connectivity index (χ2n) is 8.05. The molecule has 0 aromatic carbocycles. The highest BCUT2D eigenvalue weighted by Gasteiger charge is 2.31. The maximum Gasteiger partial charge on any atom is 0.274 e. The Morgan fingerprint density at radius 1 is 1.23 bits per heavy atom. The molecule has 0 bridgehead atoms. The average Bonchev–Trinajstić information content (AvgIpc) is 3.21. The number of rotatable bonds is 6. The van der Waals surface area contributed by atoms with Crippen molar-refractivity contribution < 1.29 is 14.3 Å². The Hall–Kier alpha value is -4.63. The van der Waals surface area contributed by atoms with Crippen LogP contribution in [0.5, 0.6) is 11.6 Å². The lowest BCUT2D eigenvalue weighted by Crippen LogP contribution is -2.54. The largest absolute Gasteiger partial charge is 0.435 e. The fraction of sp³-hybridized carbons (Fsp3) is 0.261. The van der Waals surface area contributed by atoms with Crippen LogP contribution in [0.4, 0.5) is 17.3 Å². The SMILES string of the molecule is [C-]#[N+]c1cc(C)c(Oc2cc(Nc3ccc(C(=O)N4CC(OC)C4)nn3)c3ncn(C)c3n2)cn1. The van der Waals surface area contributed by atoms with Gasteiger partial charge in [-0.1, -0.05) is 6.57 Å². The molecular weight excluding hydrogens is 450 g/mol. The second-order valence-corrected chi connectivity index (χ2v) is 8.05. The highest BCUT2D eigenvalue weighted by molar-refractivity contribution is 5.93. The Kier molecular flexibility index (Phi) is 5.68. The molecule has 0 unspecified atom stereocenters. The van der Waals surface area contributed by atoms with E-state index in [9.17, 15) is 4.79 Å². The van der Waals surface area contributed by atoms with Gasteiger partial charge in [-0.2, -0.15) is 4.98 Å². The molecule has 4 aromatic heterocycles. The maximum absolute atomic E-state index is 12.5. The molecular formula is C23H21N9O3. The number of carbonyl (C=O) groups excluding carboxylic acids is 1. The lowest BCUT2D eigenvalue weighted by molar-refractivity contribution is -0.0195. The summed E-state index contributed by atoms with van der Waals surface area (Å²) in [5, 5.41) is 11.4. The van der Waals surface area contributed by atoms with Gasteiger partial charge in [0.05, 0.1) is 18.1 Å². The van der Waals surface area contributed by atoms with Gasteiger partial charge in [0.1, 0.15) is 5.52 Å². The molecule has 12 nitrogen and oxygen atoms in total. The van der Waals surface area contributed by atoms with E-state index in [0.717, 1.165) is 5.56 Å². The minimum Gasteiger partial charge on any atom is -0.435 e. The van der Waals surface area contributed by atoms with Gasteiger partial charge in [0.15, 0.2) is 29.1 Å². The molecule has 1 amide bonds. The Bertz CT molecular complexity index is 1450. The number of amides is 1. The fourth-order valence-electron chi connectivity index (χ4n) is 3.60. The zero-order valence-electron chi connectivity index (χ0n) is 19.3. The fourth-order valence-corrected chi connectivity index (χ4v) is 3.60. The molecule has 1 N–H and O–H groups in total. The van der Waals surface area contributed by atoms with Crippen molar-refractivity contribution in [2.45, 2.75) is 13.0 Å². The number of fused-ring (bicyclic) bond motifs is 1. The summed E-state index contributed by atoms with van der Waals surface area (Å²) in [7, 11) is 3.46. The van der Waals surface area contributed by atoms with Crippen LogP contribution in [-0.2, 0) is 11.8 Å². The topological polar surface area (TPSA) is 125 Å². The zero-order valence-corrected chi connectivity index (χ0v) is 19.3. The second kappa shape index (κ2) is 8.96. The molecule has 1 saturated heterocycles. The van der Waals surface area contributed by atoms with E-state index in [2.05, 4.69) is 35.3 Å². The molecule has 12 heteroatoms. The first-order chi connectivity index (χ1) is 16.9. The van der Waals surface area contributed by atoms with E-state index < -0.39 is 0 Å². The van der Waals surface area contributed by atoms with Gasteiger partial charge in [0, 0.05) is 33.3 Å². The minimum atomic E-state index is -0.183. The first-order valence-corrected chi connectivity index (χ1v) is 10.7. The molecule has 5 rings (SSSR count). The van der Waals surface area contributed by atoms with E-state index in [1.54, 1.807) is 47.2 Å². The summed E-state index contributed by atoms with van der Waals surface area (Å²) in [5.74, 6) is 1.34. The van der Waals surface area contributed by atoms with Crippen LogP contribution in [0, 0.1) is 13.5 Å². The third-order valence-electron chi connectivity index (χ3n) is 5.64. The number of methoxy groups -OCH3 is 1. The van der Waals surface area contributed by atoms with Gasteiger partial charge < -0.3 is 29.1 Å². The average molecular weight is 471 g/mol. The van der Waals surface area contributed by atoms with Crippen LogP contribution in [0.1, 0.15) is 16.1 Å². The number of aromatic nitrogens is 6. The first-order valence-electron chi connectivity index (χ1n) is 10.7. The number of carbonyl (C=O) groups is 1. The van der Waals surface area contributed by atoms with Gasteiger partial charge in [-0.3, -0.25) is 4.79 Å². The van der Waals surface area contributed by atoms with Crippen molar-refractivity contribution in [1.82, 2.24) is 34.6 Å². The quantitative estimate of drug-likeness (QED) is 0.423. The van der Waals surface area contributed by atoms with Crippen molar-refractivity contribution in [3.05, 3.63) is 59.5 Å². The highest BCUT2D eigenvalue weighted by atomic mass is 16.5. The van der Waals surface area contributed by atoms with Crippen molar-refractivity contribution in [1.29, 1.82) is 0 Å². The molecule has 1 aliphatic heterocycles. The number of pyridine rings is 2. The monoisotopic (exact) mass is 471 g/mol. The zero-order chi connectivity index (χ0) is 24.5. The molecule has 176 valence electrons. The molecule has 0 atom stereocenters. The molecule has 5 heterocycles. The third kappa shape index (κ3) is 4.32. The highest BCUT2D eigenvalue weighted by Crippen LogP contribution is 2.31. The molecule has 1 fully saturated rings. The van der Waals surface area contributed by atoms with Crippen LogP contribution in [0.15, 0.2) is 36.8 Å². The Balaban J connectivity index is 1.39. The third-order valence-corrected chi connectivity index (χ3v) is 5.64. The Morgan fingerprint density at radius 3 is 2.74 bits per heavy atom. The van der Waals surface area contributed by atoms with Crippen molar-refractivity contribution in [2.24, 2.45) is 7.05 Å². The van der Waals surface area contributed by atoms with Crippen molar-refractivity contribution >= 4 is 34.4 Å². The summed E-state index contributed by atoms with van der Waals surface area (Å²) < 4.78 is 13.0. The van der Waals surface area contributed by atoms with E-state index in [-0.39, 0.29) is 17.7 Å². The van der Waals surface area contributed by atoms with Gasteiger partial charge in [0.25, 0.3) is 11.7 Å². The van der Waals surface area contributed by atoms with Crippen LogP contribution in [0.3, 0.4) is 0 Å². The molecule has 0 saturated carbocycles. The van der Waals surface area contributed by atoms with E-state index in [1.807, 2.05) is 14.0 Å². The van der Waals surface area contributed by atoms with Crippen molar-refractivity contribution in [3.8, 4) is 11.6 Å². The first kappa shape index (κ1) is 22.2. The standard InChI is InChI=1S/C23H21N9O3/c1-13-7-19(24-2)25-9-17(13)35-20-8-16(21-22(28-20)31(3)12-26-21)27-18-6-5-15(29-30-18)23(33)32-10-14(11-32)34-4/h5-9,12,14H,10-11H2,1,3-4H3,(H,27,28,30). The number of likely N-dealkylation sites (tertiary alicyclic amines) is 1. The molecule has 1 aliphatic rings. The lowest BCUT2D eigenvalue weighted by Gasteiger charge is -2.37. The maximum atomic E-state index is 12.5. The molecule has 0 aliphatic carbocycles.